The van der Waals surface area contributed by atoms with Crippen molar-refractivity contribution in [2.75, 3.05) is 14.2 Å². The molecule has 0 fully saturated rings. The average Bonchev–Trinajstić information content (AvgIpc) is 2.49. The molecule has 1 unspecified atom stereocenters. The van der Waals surface area contributed by atoms with Gasteiger partial charge < -0.3 is 9.47 Å². The van der Waals surface area contributed by atoms with E-state index in [0.717, 1.165) is 13.3 Å². The van der Waals surface area contributed by atoms with Crippen molar-refractivity contribution in [3.05, 3.63) is 27.7 Å². The van der Waals surface area contributed by atoms with Gasteiger partial charge in [0.05, 0.1) is 41.6 Å². The van der Waals surface area contributed by atoms with Crippen molar-refractivity contribution in [1.82, 2.24) is 0 Å². The first kappa shape index (κ1) is 17.0. The Hall–Kier alpha value is -2.10. The molecule has 0 aliphatic heterocycles. The van der Waals surface area contributed by atoms with Crippen molar-refractivity contribution in [3.63, 3.8) is 0 Å². The normalized spacial score (nSPS) is 11.8. The molecule has 1 atom stereocenters. The number of ether oxygens (including phenoxy) is 2. The molecule has 0 heterocycles. The zero-order valence-corrected chi connectivity index (χ0v) is 12.6. The Labute approximate surface area is 130 Å². The van der Waals surface area contributed by atoms with E-state index < -0.39 is 17.9 Å². The number of esters is 2. The smallest absolute Gasteiger partial charge is 0.340 e. The highest BCUT2D eigenvalue weighted by molar-refractivity contribution is 6.40. The number of aliphatic imine (C=N–C) groups is 1. The average molecular weight is 329 g/mol. The molecule has 8 heteroatoms. The molecule has 1 aromatic carbocycles. The molecule has 0 aromatic heterocycles. The zero-order valence-electron chi connectivity index (χ0n) is 11.1. The van der Waals surface area contributed by atoms with E-state index in [1.165, 1.54) is 19.2 Å². The minimum absolute atomic E-state index is 0.0350. The van der Waals surface area contributed by atoms with Crippen molar-refractivity contribution in [3.8, 4) is 6.07 Å². The molecule has 110 valence electrons. The highest BCUT2D eigenvalue weighted by Gasteiger charge is 2.19. The number of benzene rings is 1. The number of carbonyl (C=O) groups excluding carboxylic acids is 2. The van der Waals surface area contributed by atoms with Crippen molar-refractivity contribution in [1.29, 1.82) is 5.26 Å². The Morgan fingerprint density at radius 3 is 2.52 bits per heavy atom. The summed E-state index contributed by atoms with van der Waals surface area (Å²) in [7, 11) is 2.35. The van der Waals surface area contributed by atoms with Crippen molar-refractivity contribution < 1.29 is 19.1 Å². The Morgan fingerprint density at radius 2 is 2.00 bits per heavy atom. The molecule has 0 saturated carbocycles. The lowest BCUT2D eigenvalue weighted by molar-refractivity contribution is -0.141. The van der Waals surface area contributed by atoms with Crippen LogP contribution in [-0.2, 0) is 14.3 Å². The van der Waals surface area contributed by atoms with Crippen LogP contribution in [0.5, 0.6) is 0 Å². The van der Waals surface area contributed by atoms with Gasteiger partial charge in [-0.15, -0.1) is 0 Å². The maximum atomic E-state index is 11.6. The van der Waals surface area contributed by atoms with Gasteiger partial charge in [-0.3, -0.25) is 9.79 Å². The first-order valence-electron chi connectivity index (χ1n) is 5.54. The van der Waals surface area contributed by atoms with Gasteiger partial charge in [-0.2, -0.15) is 5.26 Å². The Kier molecular flexibility index (Phi) is 6.15. The third kappa shape index (κ3) is 3.94. The fourth-order valence-electron chi connectivity index (χ4n) is 1.36. The summed E-state index contributed by atoms with van der Waals surface area (Å²) >= 11 is 11.9. The summed E-state index contributed by atoms with van der Waals surface area (Å²) in [6, 6.07) is 4.57. The number of halogens is 2. The lowest BCUT2D eigenvalue weighted by atomic mass is 10.2. The summed E-state index contributed by atoms with van der Waals surface area (Å²) in [4.78, 5) is 26.8. The topological polar surface area (TPSA) is 88.8 Å². The van der Waals surface area contributed by atoms with E-state index in [9.17, 15) is 9.59 Å². The molecule has 6 nitrogen and oxygen atoms in total. The van der Waals surface area contributed by atoms with Gasteiger partial charge in [0.1, 0.15) is 0 Å². The molecule has 0 aliphatic carbocycles. The SMILES string of the molecule is COC(=O)c1c(Cl)ccc(N=CC(C#N)C(=O)OC)c1Cl. The van der Waals surface area contributed by atoms with Crippen molar-refractivity contribution in [2.45, 2.75) is 0 Å². The first-order valence-corrected chi connectivity index (χ1v) is 6.29. The monoisotopic (exact) mass is 328 g/mol. The number of carbonyl (C=O) groups is 2. The summed E-state index contributed by atoms with van der Waals surface area (Å²) in [6.45, 7) is 0. The van der Waals surface area contributed by atoms with E-state index in [1.807, 2.05) is 0 Å². The van der Waals surface area contributed by atoms with Gasteiger partial charge in [0.15, 0.2) is 5.92 Å². The maximum Gasteiger partial charge on any atom is 0.340 e. The molecule has 0 spiro atoms. The summed E-state index contributed by atoms with van der Waals surface area (Å²) in [5.74, 6) is -2.64. The predicted molar refractivity (Wildman–Crippen MR) is 77.1 cm³/mol. The van der Waals surface area contributed by atoms with Crippen LogP contribution in [0.2, 0.25) is 10.0 Å². The second-order valence-corrected chi connectivity index (χ2v) is 4.44. The molecular weight excluding hydrogens is 319 g/mol. The van der Waals surface area contributed by atoms with E-state index in [-0.39, 0.29) is 21.3 Å². The second-order valence-electron chi connectivity index (χ2n) is 3.66. The second kappa shape index (κ2) is 7.62. The molecular formula is C13H10Cl2N2O4. The van der Waals surface area contributed by atoms with Gasteiger partial charge in [-0.1, -0.05) is 23.2 Å². The Bertz CT molecular complexity index is 638. The molecule has 21 heavy (non-hydrogen) atoms. The zero-order chi connectivity index (χ0) is 16.0. The van der Waals surface area contributed by atoms with Gasteiger partial charge in [0.2, 0.25) is 0 Å². The summed E-state index contributed by atoms with van der Waals surface area (Å²) in [6.07, 6.45) is 1.07. The van der Waals surface area contributed by atoms with Gasteiger partial charge in [0.25, 0.3) is 0 Å². The van der Waals surface area contributed by atoms with Crippen LogP contribution >= 0.6 is 23.2 Å². The van der Waals surface area contributed by atoms with E-state index in [1.54, 1.807) is 6.07 Å². The van der Waals surface area contributed by atoms with E-state index in [0.29, 0.717) is 0 Å². The quantitative estimate of drug-likeness (QED) is 0.626. The van der Waals surface area contributed by atoms with Crippen LogP contribution in [0, 0.1) is 17.2 Å². The predicted octanol–water partition coefficient (Wildman–Crippen LogP) is 2.80. The first-order chi connectivity index (χ1) is 9.96. The fraction of sp³-hybridized carbons (Fsp3) is 0.231. The molecule has 0 bridgehead atoms. The molecule has 1 rings (SSSR count). The number of hydrogen-bond acceptors (Lipinski definition) is 6. The minimum Gasteiger partial charge on any atom is -0.468 e. The van der Waals surface area contributed by atoms with E-state index >= 15 is 0 Å². The Balaban J connectivity index is 3.19. The van der Waals surface area contributed by atoms with Crippen LogP contribution in [0.25, 0.3) is 0 Å². The highest BCUT2D eigenvalue weighted by Crippen LogP contribution is 2.34. The summed E-state index contributed by atoms with van der Waals surface area (Å²) < 4.78 is 9.01. The van der Waals surface area contributed by atoms with Crippen LogP contribution in [0.15, 0.2) is 17.1 Å². The number of nitriles is 1. The molecule has 0 amide bonds. The molecule has 0 N–H and O–H groups in total. The largest absolute Gasteiger partial charge is 0.468 e. The van der Waals surface area contributed by atoms with Crippen molar-refractivity contribution in [2.24, 2.45) is 10.9 Å². The lowest BCUT2D eigenvalue weighted by Gasteiger charge is -2.07. The van der Waals surface area contributed by atoms with E-state index in [4.69, 9.17) is 28.5 Å². The van der Waals surface area contributed by atoms with Gasteiger partial charge in [-0.25, -0.2) is 4.79 Å². The molecule has 0 radical (unpaired) electrons. The van der Waals surface area contributed by atoms with E-state index in [2.05, 4.69) is 14.5 Å². The van der Waals surface area contributed by atoms with Crippen LogP contribution in [0.1, 0.15) is 10.4 Å². The number of rotatable bonds is 4. The summed E-state index contributed by atoms with van der Waals surface area (Å²) in [5.41, 5.74) is 0.132. The van der Waals surface area contributed by atoms with Crippen LogP contribution in [-0.4, -0.2) is 32.4 Å². The van der Waals surface area contributed by atoms with Gasteiger partial charge >= 0.3 is 11.9 Å². The third-order valence-corrected chi connectivity index (χ3v) is 3.11. The minimum atomic E-state index is -1.18. The molecule has 1 aromatic rings. The number of nitrogens with zero attached hydrogens (tertiary/aromatic N) is 2. The van der Waals surface area contributed by atoms with Gasteiger partial charge in [0, 0.05) is 6.21 Å². The third-order valence-electron chi connectivity index (χ3n) is 2.42. The van der Waals surface area contributed by atoms with Crippen LogP contribution in [0.3, 0.4) is 0 Å². The molecule has 0 aliphatic rings. The summed E-state index contributed by atoms with van der Waals surface area (Å²) in [5, 5.41) is 8.90. The van der Waals surface area contributed by atoms with Gasteiger partial charge in [-0.05, 0) is 12.1 Å². The molecule has 0 saturated heterocycles. The number of hydrogen-bond donors (Lipinski definition) is 0. The number of methoxy groups -OCH3 is 2. The highest BCUT2D eigenvalue weighted by atomic mass is 35.5. The fourth-order valence-corrected chi connectivity index (χ4v) is 1.93. The van der Waals surface area contributed by atoms with Crippen LogP contribution in [0.4, 0.5) is 5.69 Å². The maximum absolute atomic E-state index is 11.6. The Morgan fingerprint density at radius 1 is 1.33 bits per heavy atom. The van der Waals surface area contributed by atoms with Crippen LogP contribution < -0.4 is 0 Å². The van der Waals surface area contributed by atoms with Crippen molar-refractivity contribution >= 4 is 47.0 Å². The standard InChI is InChI=1S/C13H10Cl2N2O4/c1-20-12(18)7(5-16)6-17-9-4-3-8(14)10(11(9)15)13(19)21-2/h3-4,6-7H,1-2H3. The lowest BCUT2D eigenvalue weighted by Crippen LogP contribution is -2.15.